The first-order valence-corrected chi connectivity index (χ1v) is 5.27. The molecule has 1 aliphatic heterocycles. The van der Waals surface area contributed by atoms with Crippen molar-refractivity contribution in [3.8, 4) is 0 Å². The minimum Gasteiger partial charge on any atom is -0.464 e. The van der Waals surface area contributed by atoms with Crippen LogP contribution in [0.3, 0.4) is 0 Å². The summed E-state index contributed by atoms with van der Waals surface area (Å²) < 4.78 is 4.75. The molecule has 1 saturated heterocycles. The number of hydrogen-bond donors (Lipinski definition) is 1. The molecule has 1 fully saturated rings. The Balaban J connectivity index is 2.02. The van der Waals surface area contributed by atoms with Gasteiger partial charge in [0.1, 0.15) is 6.04 Å². The van der Waals surface area contributed by atoms with Crippen LogP contribution in [0.5, 0.6) is 0 Å². The fourth-order valence-electron chi connectivity index (χ4n) is 1.47. The topological polar surface area (TPSA) is 55.4 Å². The van der Waals surface area contributed by atoms with Crippen LogP contribution in [0, 0.1) is 0 Å². The van der Waals surface area contributed by atoms with Crippen molar-refractivity contribution in [3.05, 3.63) is 34.9 Å². The zero-order chi connectivity index (χ0) is 11.5. The second kappa shape index (κ2) is 4.53. The summed E-state index contributed by atoms with van der Waals surface area (Å²) in [6.45, 7) is 0.365. The van der Waals surface area contributed by atoms with Crippen LogP contribution in [-0.2, 0) is 9.53 Å². The van der Waals surface area contributed by atoms with Gasteiger partial charge in [0.05, 0.1) is 6.61 Å². The largest absolute Gasteiger partial charge is 0.464 e. The molecular formula is C11H10ClNO3. The SMILES string of the molecule is O=C(NC1CCOC1=O)c1ccc(Cl)cc1. The first kappa shape index (κ1) is 11.0. The smallest absolute Gasteiger partial charge is 0.328 e. The van der Waals surface area contributed by atoms with Crippen LogP contribution in [0.25, 0.3) is 0 Å². The van der Waals surface area contributed by atoms with Gasteiger partial charge < -0.3 is 10.1 Å². The lowest BCUT2D eigenvalue weighted by atomic mass is 10.2. The predicted octanol–water partition coefficient (Wildman–Crippen LogP) is 1.39. The maximum absolute atomic E-state index is 11.7. The number of ether oxygens (including phenoxy) is 1. The van der Waals surface area contributed by atoms with Crippen LogP contribution in [0.4, 0.5) is 0 Å². The van der Waals surface area contributed by atoms with Gasteiger partial charge in [0.25, 0.3) is 5.91 Å². The third-order valence-corrected chi connectivity index (χ3v) is 2.60. The van der Waals surface area contributed by atoms with Crippen LogP contribution in [-0.4, -0.2) is 24.5 Å². The molecule has 1 aliphatic rings. The number of rotatable bonds is 2. The molecule has 5 heteroatoms. The van der Waals surface area contributed by atoms with E-state index < -0.39 is 6.04 Å². The Morgan fingerprint density at radius 1 is 1.38 bits per heavy atom. The van der Waals surface area contributed by atoms with Crippen LogP contribution >= 0.6 is 11.6 Å². The zero-order valence-electron chi connectivity index (χ0n) is 8.40. The van der Waals surface area contributed by atoms with Gasteiger partial charge in [-0.25, -0.2) is 4.79 Å². The van der Waals surface area contributed by atoms with Gasteiger partial charge in [-0.2, -0.15) is 0 Å². The van der Waals surface area contributed by atoms with Crippen molar-refractivity contribution in [2.45, 2.75) is 12.5 Å². The van der Waals surface area contributed by atoms with Crippen molar-refractivity contribution in [1.29, 1.82) is 0 Å². The van der Waals surface area contributed by atoms with Crippen LogP contribution in [0.2, 0.25) is 5.02 Å². The summed E-state index contributed by atoms with van der Waals surface area (Å²) in [5.41, 5.74) is 0.476. The number of carbonyl (C=O) groups excluding carboxylic acids is 2. The summed E-state index contributed by atoms with van der Waals surface area (Å²) >= 11 is 5.70. The molecule has 1 N–H and O–H groups in total. The number of esters is 1. The molecule has 1 aromatic carbocycles. The van der Waals surface area contributed by atoms with Gasteiger partial charge >= 0.3 is 5.97 Å². The van der Waals surface area contributed by atoms with E-state index in [0.717, 1.165) is 0 Å². The number of nitrogens with one attached hydrogen (secondary N) is 1. The third kappa shape index (κ3) is 2.33. The van der Waals surface area contributed by atoms with Gasteiger partial charge in [0.15, 0.2) is 0 Å². The van der Waals surface area contributed by atoms with Crippen LogP contribution in [0.1, 0.15) is 16.8 Å². The van der Waals surface area contributed by atoms with E-state index in [1.54, 1.807) is 24.3 Å². The molecule has 0 radical (unpaired) electrons. The van der Waals surface area contributed by atoms with E-state index in [9.17, 15) is 9.59 Å². The summed E-state index contributed by atoms with van der Waals surface area (Å²) in [6.07, 6.45) is 0.526. The van der Waals surface area contributed by atoms with E-state index in [4.69, 9.17) is 16.3 Å². The number of halogens is 1. The van der Waals surface area contributed by atoms with Crippen molar-refractivity contribution in [2.24, 2.45) is 0 Å². The van der Waals surface area contributed by atoms with Crippen molar-refractivity contribution in [2.75, 3.05) is 6.61 Å². The van der Waals surface area contributed by atoms with Crippen LogP contribution < -0.4 is 5.32 Å². The Morgan fingerprint density at radius 3 is 2.62 bits per heavy atom. The molecular weight excluding hydrogens is 230 g/mol. The van der Waals surface area contributed by atoms with Crippen molar-refractivity contribution >= 4 is 23.5 Å². The molecule has 0 saturated carbocycles. The molecule has 0 aromatic heterocycles. The number of carbonyl (C=O) groups is 2. The highest BCUT2D eigenvalue weighted by atomic mass is 35.5. The standard InChI is InChI=1S/C11H10ClNO3/c12-8-3-1-7(2-4-8)10(14)13-9-5-6-16-11(9)15/h1-4,9H,5-6H2,(H,13,14). The lowest BCUT2D eigenvalue weighted by Gasteiger charge is -2.08. The summed E-state index contributed by atoms with van der Waals surface area (Å²) in [5.74, 6) is -0.664. The summed E-state index contributed by atoms with van der Waals surface area (Å²) in [5, 5.41) is 3.17. The average molecular weight is 240 g/mol. The lowest BCUT2D eigenvalue weighted by Crippen LogP contribution is -2.37. The average Bonchev–Trinajstić information content (AvgIpc) is 2.65. The van der Waals surface area contributed by atoms with E-state index in [0.29, 0.717) is 23.6 Å². The highest BCUT2D eigenvalue weighted by molar-refractivity contribution is 6.30. The van der Waals surface area contributed by atoms with Crippen molar-refractivity contribution in [1.82, 2.24) is 5.32 Å². The summed E-state index contributed by atoms with van der Waals surface area (Å²) in [7, 11) is 0. The molecule has 4 nitrogen and oxygen atoms in total. The van der Waals surface area contributed by atoms with Crippen LogP contribution in [0.15, 0.2) is 24.3 Å². The Hall–Kier alpha value is -1.55. The van der Waals surface area contributed by atoms with Gasteiger partial charge in [0.2, 0.25) is 0 Å². The van der Waals surface area contributed by atoms with Crippen molar-refractivity contribution < 1.29 is 14.3 Å². The minimum atomic E-state index is -0.525. The highest BCUT2D eigenvalue weighted by Gasteiger charge is 2.28. The first-order valence-electron chi connectivity index (χ1n) is 4.90. The summed E-state index contributed by atoms with van der Waals surface area (Å²) in [4.78, 5) is 22.8. The van der Waals surface area contributed by atoms with Gasteiger partial charge in [0, 0.05) is 17.0 Å². The van der Waals surface area contributed by atoms with E-state index in [2.05, 4.69) is 5.32 Å². The number of hydrogen-bond acceptors (Lipinski definition) is 3. The Morgan fingerprint density at radius 2 is 2.06 bits per heavy atom. The molecule has 16 heavy (non-hydrogen) atoms. The van der Waals surface area contributed by atoms with Gasteiger partial charge in [-0.05, 0) is 24.3 Å². The van der Waals surface area contributed by atoms with E-state index in [1.807, 2.05) is 0 Å². The maximum Gasteiger partial charge on any atom is 0.328 e. The maximum atomic E-state index is 11.7. The Bertz CT molecular complexity index is 416. The molecule has 0 aliphatic carbocycles. The predicted molar refractivity (Wildman–Crippen MR) is 58.3 cm³/mol. The van der Waals surface area contributed by atoms with E-state index in [-0.39, 0.29) is 11.9 Å². The fraction of sp³-hybridized carbons (Fsp3) is 0.273. The molecule has 1 atom stereocenters. The second-order valence-electron chi connectivity index (χ2n) is 3.49. The van der Waals surface area contributed by atoms with Crippen molar-refractivity contribution in [3.63, 3.8) is 0 Å². The molecule has 1 amide bonds. The molecule has 1 aromatic rings. The summed E-state index contributed by atoms with van der Waals surface area (Å²) in [6, 6.07) is 5.95. The highest BCUT2D eigenvalue weighted by Crippen LogP contribution is 2.11. The molecule has 84 valence electrons. The third-order valence-electron chi connectivity index (χ3n) is 2.35. The van der Waals surface area contributed by atoms with Gasteiger partial charge in [-0.3, -0.25) is 4.79 Å². The fourth-order valence-corrected chi connectivity index (χ4v) is 1.60. The van der Waals surface area contributed by atoms with Gasteiger partial charge in [-0.15, -0.1) is 0 Å². The molecule has 0 bridgehead atoms. The quantitative estimate of drug-likeness (QED) is 0.794. The molecule has 2 rings (SSSR count). The van der Waals surface area contributed by atoms with Gasteiger partial charge in [-0.1, -0.05) is 11.6 Å². The second-order valence-corrected chi connectivity index (χ2v) is 3.93. The number of amides is 1. The molecule has 1 unspecified atom stereocenters. The first-order chi connectivity index (χ1) is 7.66. The number of benzene rings is 1. The molecule has 0 spiro atoms. The normalized spacial score (nSPS) is 19.3. The lowest BCUT2D eigenvalue weighted by molar-refractivity contribution is -0.139. The van der Waals surface area contributed by atoms with E-state index in [1.165, 1.54) is 0 Å². The monoisotopic (exact) mass is 239 g/mol. The minimum absolute atomic E-state index is 0.291. The Labute approximate surface area is 97.5 Å². The molecule has 1 heterocycles. The zero-order valence-corrected chi connectivity index (χ0v) is 9.16. The van der Waals surface area contributed by atoms with E-state index >= 15 is 0 Å². The Kier molecular flexibility index (Phi) is 3.10. The number of cyclic esters (lactones) is 1.